The van der Waals surface area contributed by atoms with E-state index in [1.807, 2.05) is 12.1 Å². The first-order valence-corrected chi connectivity index (χ1v) is 11.6. The fourth-order valence-corrected chi connectivity index (χ4v) is 4.04. The number of nitrogens with zero attached hydrogens (tertiary/aromatic N) is 5. The third-order valence-electron chi connectivity index (χ3n) is 5.81. The second-order valence-corrected chi connectivity index (χ2v) is 8.15. The highest BCUT2D eigenvalue weighted by Gasteiger charge is 2.22. The van der Waals surface area contributed by atoms with Gasteiger partial charge in [-0.15, -0.1) is 24.0 Å². The predicted molar refractivity (Wildman–Crippen MR) is 135 cm³/mol. The second kappa shape index (κ2) is 13.1. The summed E-state index contributed by atoms with van der Waals surface area (Å²) in [4.78, 5) is 11.9. The zero-order chi connectivity index (χ0) is 21.3. The van der Waals surface area contributed by atoms with Gasteiger partial charge in [0.2, 0.25) is 0 Å². The molecule has 0 radical (unpaired) electrons. The van der Waals surface area contributed by atoms with Crippen molar-refractivity contribution < 1.29 is 9.15 Å². The van der Waals surface area contributed by atoms with Crippen LogP contribution in [0.5, 0.6) is 0 Å². The van der Waals surface area contributed by atoms with Crippen molar-refractivity contribution in [1.82, 2.24) is 30.3 Å². The summed E-state index contributed by atoms with van der Waals surface area (Å²) in [7, 11) is 0. The number of hydrogen-bond donors (Lipinski definition) is 2. The maximum Gasteiger partial charge on any atom is 0.191 e. The highest BCUT2D eigenvalue weighted by atomic mass is 127. The lowest BCUT2D eigenvalue weighted by atomic mass is 10.1. The largest absolute Gasteiger partial charge is 0.469 e. The van der Waals surface area contributed by atoms with Crippen LogP contribution in [0.15, 0.2) is 27.8 Å². The van der Waals surface area contributed by atoms with Gasteiger partial charge in [-0.1, -0.05) is 6.92 Å². The molecule has 0 bridgehead atoms. The van der Waals surface area contributed by atoms with Crippen molar-refractivity contribution in [3.05, 3.63) is 35.8 Å². The summed E-state index contributed by atoms with van der Waals surface area (Å²) in [5, 5.41) is 11.7. The number of ether oxygens (including phenoxy) is 1. The van der Waals surface area contributed by atoms with Gasteiger partial charge in [-0.05, 0) is 25.0 Å². The highest BCUT2D eigenvalue weighted by molar-refractivity contribution is 14.0. The molecule has 2 N–H and O–H groups in total. The molecule has 9 nitrogen and oxygen atoms in total. The smallest absolute Gasteiger partial charge is 0.191 e. The van der Waals surface area contributed by atoms with E-state index in [4.69, 9.17) is 14.1 Å². The molecule has 0 aliphatic carbocycles. The lowest BCUT2D eigenvalue weighted by Gasteiger charge is -2.26. The third kappa shape index (κ3) is 7.45. The summed E-state index contributed by atoms with van der Waals surface area (Å²) >= 11 is 0. The molecule has 1 fully saturated rings. The summed E-state index contributed by atoms with van der Waals surface area (Å²) in [5.74, 6) is 3.89. The van der Waals surface area contributed by atoms with E-state index in [1.54, 1.807) is 6.26 Å². The minimum atomic E-state index is 0. The fourth-order valence-electron chi connectivity index (χ4n) is 4.04. The molecule has 1 atom stereocenters. The van der Waals surface area contributed by atoms with Gasteiger partial charge < -0.3 is 19.8 Å². The van der Waals surface area contributed by atoms with Crippen LogP contribution in [0, 0.1) is 0 Å². The van der Waals surface area contributed by atoms with E-state index in [-0.39, 0.29) is 24.0 Å². The summed E-state index contributed by atoms with van der Waals surface area (Å²) in [6, 6.07) is 4.23. The number of aromatic nitrogens is 3. The van der Waals surface area contributed by atoms with Crippen molar-refractivity contribution >= 4 is 29.9 Å². The number of aryl methyl sites for hydroxylation is 2. The monoisotopic (exact) mass is 557 g/mol. The highest BCUT2D eigenvalue weighted by Crippen LogP contribution is 2.13. The van der Waals surface area contributed by atoms with Crippen LogP contribution >= 0.6 is 24.0 Å². The van der Waals surface area contributed by atoms with Crippen molar-refractivity contribution in [2.45, 2.75) is 51.6 Å². The average Bonchev–Trinajstić information content (AvgIpc) is 3.46. The zero-order valence-corrected chi connectivity index (χ0v) is 21.3. The Balaban J connectivity index is 0.00000289. The average molecular weight is 557 g/mol. The Hall–Kier alpha value is -1.66. The molecule has 4 heterocycles. The summed E-state index contributed by atoms with van der Waals surface area (Å²) in [6.45, 7) is 9.32. The summed E-state index contributed by atoms with van der Waals surface area (Å²) in [6.07, 6.45) is 6.46. The molecule has 2 aromatic rings. The standard InChI is InChI=1S/C22H35N7O2.HI/c1-2-20-26-21-7-6-18(17-29(21)27-20)25-22(24-10-8-19-5-3-14-31-19)23-9-4-11-28-12-15-30-16-13-28;/h3,5,14,18H,2,4,6-13,15-17H2,1H3,(H2,23,24,25);1H. The van der Waals surface area contributed by atoms with Crippen molar-refractivity contribution in [2.24, 2.45) is 4.99 Å². The first-order valence-electron chi connectivity index (χ1n) is 11.6. The van der Waals surface area contributed by atoms with E-state index in [2.05, 4.69) is 37.2 Å². The van der Waals surface area contributed by atoms with Gasteiger partial charge in [-0.3, -0.25) is 9.89 Å². The Labute approximate surface area is 207 Å². The first-order chi connectivity index (χ1) is 15.3. The topological polar surface area (TPSA) is 92.7 Å². The van der Waals surface area contributed by atoms with E-state index in [1.165, 1.54) is 0 Å². The van der Waals surface area contributed by atoms with Crippen LogP contribution in [0.3, 0.4) is 0 Å². The fraction of sp³-hybridized carbons (Fsp3) is 0.682. The lowest BCUT2D eigenvalue weighted by molar-refractivity contribution is 0.0377. The van der Waals surface area contributed by atoms with Gasteiger partial charge in [-0.2, -0.15) is 5.10 Å². The first kappa shape index (κ1) is 25.0. The molecule has 178 valence electrons. The molecule has 2 aliphatic heterocycles. The van der Waals surface area contributed by atoms with Crippen LogP contribution in [-0.2, 0) is 30.5 Å². The van der Waals surface area contributed by atoms with Crippen LogP contribution in [0.4, 0.5) is 0 Å². The van der Waals surface area contributed by atoms with Gasteiger partial charge in [0, 0.05) is 58.0 Å². The Morgan fingerprint density at radius 2 is 2.19 bits per heavy atom. The van der Waals surface area contributed by atoms with Crippen molar-refractivity contribution in [3.63, 3.8) is 0 Å². The number of nitrogens with one attached hydrogen (secondary N) is 2. The van der Waals surface area contributed by atoms with Crippen molar-refractivity contribution in [3.8, 4) is 0 Å². The Bertz CT molecular complexity index is 818. The zero-order valence-electron chi connectivity index (χ0n) is 19.0. The quantitative estimate of drug-likeness (QED) is 0.211. The van der Waals surface area contributed by atoms with Crippen molar-refractivity contribution in [2.75, 3.05) is 45.9 Å². The molecule has 32 heavy (non-hydrogen) atoms. The van der Waals surface area contributed by atoms with E-state index < -0.39 is 0 Å². The number of furan rings is 1. The molecule has 0 spiro atoms. The molecular formula is C22H36IN7O2. The van der Waals surface area contributed by atoms with Crippen LogP contribution in [0.25, 0.3) is 0 Å². The minimum absolute atomic E-state index is 0. The predicted octanol–water partition coefficient (Wildman–Crippen LogP) is 1.87. The van der Waals surface area contributed by atoms with Crippen LogP contribution in [-0.4, -0.2) is 77.6 Å². The molecule has 0 amide bonds. The molecule has 2 aromatic heterocycles. The van der Waals surface area contributed by atoms with Gasteiger partial charge >= 0.3 is 0 Å². The van der Waals surface area contributed by atoms with E-state index in [9.17, 15) is 0 Å². The lowest BCUT2D eigenvalue weighted by Crippen LogP contribution is -2.47. The Morgan fingerprint density at radius 3 is 2.97 bits per heavy atom. The maximum absolute atomic E-state index is 5.45. The molecule has 1 saturated heterocycles. The van der Waals surface area contributed by atoms with E-state index in [0.717, 1.165) is 108 Å². The van der Waals surface area contributed by atoms with Gasteiger partial charge in [0.1, 0.15) is 11.6 Å². The number of morpholine rings is 1. The van der Waals surface area contributed by atoms with E-state index in [0.29, 0.717) is 6.04 Å². The summed E-state index contributed by atoms with van der Waals surface area (Å²) in [5.41, 5.74) is 0. The van der Waals surface area contributed by atoms with E-state index >= 15 is 0 Å². The summed E-state index contributed by atoms with van der Waals surface area (Å²) < 4.78 is 12.9. The third-order valence-corrected chi connectivity index (χ3v) is 5.81. The van der Waals surface area contributed by atoms with Gasteiger partial charge in [0.15, 0.2) is 11.8 Å². The number of hydrogen-bond acceptors (Lipinski definition) is 6. The van der Waals surface area contributed by atoms with Gasteiger partial charge in [-0.25, -0.2) is 9.67 Å². The van der Waals surface area contributed by atoms with Gasteiger partial charge in [0.25, 0.3) is 0 Å². The second-order valence-electron chi connectivity index (χ2n) is 8.15. The molecular weight excluding hydrogens is 521 g/mol. The Morgan fingerprint density at radius 1 is 1.31 bits per heavy atom. The number of rotatable bonds is 9. The molecule has 4 rings (SSSR count). The normalized spacial score (nSPS) is 19.3. The van der Waals surface area contributed by atoms with Crippen LogP contribution < -0.4 is 10.6 Å². The van der Waals surface area contributed by atoms with Crippen molar-refractivity contribution in [1.29, 1.82) is 0 Å². The SMILES string of the molecule is CCc1nc2n(n1)CC(NC(=NCCCN1CCOCC1)NCCc1ccco1)CC2.I. The minimum Gasteiger partial charge on any atom is -0.469 e. The number of halogens is 1. The molecule has 0 aromatic carbocycles. The Kier molecular flexibility index (Phi) is 10.3. The number of aliphatic imine (C=N–C) groups is 1. The number of fused-ring (bicyclic) bond motifs is 1. The maximum atomic E-state index is 5.45. The number of guanidine groups is 1. The molecule has 0 saturated carbocycles. The van der Waals surface area contributed by atoms with Gasteiger partial charge in [0.05, 0.1) is 26.0 Å². The van der Waals surface area contributed by atoms with Crippen LogP contribution in [0.1, 0.15) is 37.2 Å². The molecule has 2 aliphatic rings. The molecule has 1 unspecified atom stereocenters. The van der Waals surface area contributed by atoms with Crippen LogP contribution in [0.2, 0.25) is 0 Å². The molecule has 10 heteroatoms.